The number of nitrogens with zero attached hydrogens (tertiary/aromatic N) is 8. The molecule has 0 saturated carbocycles. The smallest absolute Gasteiger partial charge is 0.279 e. The number of unbranched alkanes of at least 4 members (excludes halogenated alkanes) is 1. The van der Waals surface area contributed by atoms with Crippen molar-refractivity contribution in [3.63, 3.8) is 0 Å². The summed E-state index contributed by atoms with van der Waals surface area (Å²) in [5.41, 5.74) is 10.1. The Morgan fingerprint density at radius 3 is 2.76 bits per heavy atom. The quantitative estimate of drug-likeness (QED) is 0.166. The molecule has 0 radical (unpaired) electrons. The SMILES string of the molecule is CCCCc1c(-c2nc(OCC3CCCN3C)cc(-n3cc4ccn(C5CCOC5)c(=O)c4n3)n2)noc1-c1c(CCC)ccc(N)c1C#N. The Kier molecular flexibility index (Phi) is 9.65. The van der Waals surface area contributed by atoms with Crippen molar-refractivity contribution in [2.45, 2.75) is 77.3 Å². The van der Waals surface area contributed by atoms with Gasteiger partial charge < -0.3 is 29.2 Å². The third-order valence-corrected chi connectivity index (χ3v) is 9.87. The first-order valence-corrected chi connectivity index (χ1v) is 17.6. The number of hydrogen-bond acceptors (Lipinski definition) is 11. The summed E-state index contributed by atoms with van der Waals surface area (Å²) in [4.78, 5) is 25.6. The summed E-state index contributed by atoms with van der Waals surface area (Å²) in [5, 5.41) is 20.2. The Morgan fingerprint density at radius 2 is 2.02 bits per heavy atom. The van der Waals surface area contributed by atoms with E-state index in [-0.39, 0.29) is 17.6 Å². The molecule has 4 aromatic heterocycles. The molecule has 1 aromatic carbocycles. The minimum atomic E-state index is -0.173. The molecule has 13 nitrogen and oxygen atoms in total. The molecule has 2 saturated heterocycles. The van der Waals surface area contributed by atoms with Crippen LogP contribution in [0.5, 0.6) is 5.88 Å². The van der Waals surface area contributed by atoms with Crippen LogP contribution >= 0.6 is 0 Å². The van der Waals surface area contributed by atoms with Crippen LogP contribution in [0.2, 0.25) is 0 Å². The van der Waals surface area contributed by atoms with Crippen LogP contribution in [-0.2, 0) is 17.6 Å². The number of nitrogens with two attached hydrogens (primary N) is 1. The average Bonchev–Trinajstić information content (AvgIpc) is 3.95. The predicted octanol–water partition coefficient (Wildman–Crippen LogP) is 5.48. The minimum Gasteiger partial charge on any atom is -0.476 e. The summed E-state index contributed by atoms with van der Waals surface area (Å²) in [6.45, 7) is 6.84. The number of aromatic nitrogens is 6. The summed E-state index contributed by atoms with van der Waals surface area (Å²) < 4.78 is 21.3. The van der Waals surface area contributed by atoms with Gasteiger partial charge in [-0.15, -0.1) is 0 Å². The summed E-state index contributed by atoms with van der Waals surface area (Å²) in [6, 6.07) is 9.93. The second kappa shape index (κ2) is 14.4. The molecule has 0 spiro atoms. The fraction of sp³-hybridized carbons (Fsp3) is 0.459. The zero-order chi connectivity index (χ0) is 34.8. The Morgan fingerprint density at radius 1 is 1.14 bits per heavy atom. The van der Waals surface area contributed by atoms with E-state index in [9.17, 15) is 10.1 Å². The number of nitrogen functional groups attached to an aromatic ring is 1. The molecule has 50 heavy (non-hydrogen) atoms. The normalized spacial score (nSPS) is 17.9. The van der Waals surface area contributed by atoms with E-state index in [0.717, 1.165) is 62.6 Å². The Hall–Kier alpha value is -5.06. The van der Waals surface area contributed by atoms with Gasteiger partial charge in [-0.1, -0.05) is 37.9 Å². The lowest BCUT2D eigenvalue weighted by molar-refractivity contribution is 0.186. The Balaban J connectivity index is 1.36. The summed E-state index contributed by atoms with van der Waals surface area (Å²) in [5.74, 6) is 1.60. The van der Waals surface area contributed by atoms with Crippen LogP contribution in [0.4, 0.5) is 5.69 Å². The van der Waals surface area contributed by atoms with Crippen LogP contribution in [0.1, 0.15) is 75.1 Å². The third-order valence-electron chi connectivity index (χ3n) is 9.87. The molecular formula is C37H43N9O4. The van der Waals surface area contributed by atoms with Gasteiger partial charge in [-0.3, -0.25) is 4.79 Å². The van der Waals surface area contributed by atoms with Gasteiger partial charge in [-0.05, 0) is 69.8 Å². The molecule has 0 bridgehead atoms. The highest BCUT2D eigenvalue weighted by atomic mass is 16.5. The highest BCUT2D eigenvalue weighted by molar-refractivity contribution is 5.81. The van der Waals surface area contributed by atoms with Crippen LogP contribution in [0.25, 0.3) is 39.6 Å². The first kappa shape index (κ1) is 33.4. The highest BCUT2D eigenvalue weighted by Gasteiger charge is 2.28. The highest BCUT2D eigenvalue weighted by Crippen LogP contribution is 2.39. The van der Waals surface area contributed by atoms with Crippen LogP contribution in [-0.4, -0.2) is 73.8 Å². The monoisotopic (exact) mass is 677 g/mol. The molecule has 260 valence electrons. The molecule has 0 aliphatic carbocycles. The fourth-order valence-corrected chi connectivity index (χ4v) is 7.04. The molecule has 2 aliphatic rings. The molecular weight excluding hydrogens is 634 g/mol. The molecule has 13 heteroatoms. The molecule has 2 unspecified atom stereocenters. The van der Waals surface area contributed by atoms with Crippen molar-refractivity contribution in [1.82, 2.24) is 34.4 Å². The van der Waals surface area contributed by atoms with Crippen LogP contribution < -0.4 is 16.0 Å². The molecule has 0 amide bonds. The fourth-order valence-electron chi connectivity index (χ4n) is 7.04. The molecule has 2 fully saturated rings. The number of likely N-dealkylation sites (tertiary alicyclic amines) is 1. The minimum absolute atomic E-state index is 0.0151. The van der Waals surface area contributed by atoms with Gasteiger partial charge in [-0.25, -0.2) is 9.67 Å². The number of fused-ring (bicyclic) bond motifs is 1. The van der Waals surface area contributed by atoms with Crippen molar-refractivity contribution in [2.75, 3.05) is 39.1 Å². The van der Waals surface area contributed by atoms with Crippen molar-refractivity contribution in [3.8, 4) is 40.6 Å². The van der Waals surface area contributed by atoms with Crippen molar-refractivity contribution < 1.29 is 14.0 Å². The Labute approximate surface area is 290 Å². The van der Waals surface area contributed by atoms with E-state index in [1.807, 2.05) is 18.3 Å². The van der Waals surface area contributed by atoms with Gasteiger partial charge >= 0.3 is 0 Å². The van der Waals surface area contributed by atoms with E-state index in [2.05, 4.69) is 37.0 Å². The van der Waals surface area contributed by atoms with Gasteiger partial charge in [0, 0.05) is 47.6 Å². The van der Waals surface area contributed by atoms with E-state index < -0.39 is 0 Å². The zero-order valence-corrected chi connectivity index (χ0v) is 28.9. The molecule has 2 atom stereocenters. The maximum Gasteiger partial charge on any atom is 0.279 e. The number of anilines is 1. The maximum absolute atomic E-state index is 13.5. The molecule has 7 rings (SSSR count). The van der Waals surface area contributed by atoms with Crippen molar-refractivity contribution in [1.29, 1.82) is 5.26 Å². The number of benzene rings is 1. The summed E-state index contributed by atoms with van der Waals surface area (Å²) >= 11 is 0. The number of likely N-dealkylation sites (N-methyl/N-ethyl adjacent to an activating group) is 1. The van der Waals surface area contributed by atoms with Gasteiger partial charge in [-0.2, -0.15) is 15.3 Å². The first-order chi connectivity index (χ1) is 24.4. The lowest BCUT2D eigenvalue weighted by Crippen LogP contribution is -2.30. The summed E-state index contributed by atoms with van der Waals surface area (Å²) in [6.07, 6.45) is 10.6. The molecule has 5 aromatic rings. The second-order valence-corrected chi connectivity index (χ2v) is 13.3. The topological polar surface area (TPSA) is 163 Å². The molecule has 2 aliphatic heterocycles. The third kappa shape index (κ3) is 6.36. The number of hydrogen-bond donors (Lipinski definition) is 1. The van der Waals surface area contributed by atoms with Crippen molar-refractivity contribution >= 4 is 16.6 Å². The second-order valence-electron chi connectivity index (χ2n) is 13.3. The number of nitriles is 1. The zero-order valence-electron chi connectivity index (χ0n) is 28.9. The lowest BCUT2D eigenvalue weighted by atomic mass is 9.91. The van der Waals surface area contributed by atoms with Crippen LogP contribution in [0.15, 0.2) is 46.0 Å². The van der Waals surface area contributed by atoms with Crippen molar-refractivity contribution in [3.05, 3.63) is 63.7 Å². The van der Waals surface area contributed by atoms with Gasteiger partial charge in [0.2, 0.25) is 5.88 Å². The number of aryl methyl sites for hydroxylation is 1. The Bertz CT molecular complexity index is 2100. The van der Waals surface area contributed by atoms with Crippen molar-refractivity contribution in [2.24, 2.45) is 0 Å². The van der Waals surface area contributed by atoms with E-state index in [1.165, 1.54) is 0 Å². The van der Waals surface area contributed by atoms with Gasteiger partial charge in [0.25, 0.3) is 5.56 Å². The van der Waals surface area contributed by atoms with E-state index >= 15 is 0 Å². The molecule has 6 heterocycles. The molecule has 2 N–H and O–H groups in total. The van der Waals surface area contributed by atoms with Crippen LogP contribution in [0.3, 0.4) is 0 Å². The number of rotatable bonds is 12. The number of ether oxygens (including phenoxy) is 2. The van der Waals surface area contributed by atoms with Gasteiger partial charge in [0.15, 0.2) is 28.6 Å². The first-order valence-electron chi connectivity index (χ1n) is 17.6. The largest absolute Gasteiger partial charge is 0.476 e. The predicted molar refractivity (Wildman–Crippen MR) is 189 cm³/mol. The standard InChI is InChI=1S/C37H43N9O4/c1-4-6-10-27-34(43-50-35(27)32-23(8-5-2)11-12-29(39)28(32)19-38)36-40-30(18-31(41-36)49-22-25-9-7-15-44(25)3)46-20-24-13-16-45(26-14-17-48-21-26)37(47)33(24)42-46/h11-13,16,18,20,25-26H,4-10,14-15,17,21-22,39H2,1-3H3. The van der Waals surface area contributed by atoms with Gasteiger partial charge in [0.1, 0.15) is 12.7 Å². The maximum atomic E-state index is 13.5. The van der Waals surface area contributed by atoms with Crippen LogP contribution in [0, 0.1) is 11.3 Å². The van der Waals surface area contributed by atoms with E-state index in [1.54, 1.807) is 27.6 Å². The van der Waals surface area contributed by atoms with E-state index in [4.69, 9.17) is 34.8 Å². The van der Waals surface area contributed by atoms with Gasteiger partial charge in [0.05, 0.1) is 23.9 Å². The lowest BCUT2D eigenvalue weighted by Gasteiger charge is -2.19. The summed E-state index contributed by atoms with van der Waals surface area (Å²) in [7, 11) is 2.10. The van der Waals surface area contributed by atoms with E-state index in [0.29, 0.717) is 82.9 Å². The number of pyridine rings is 1. The average molecular weight is 678 g/mol.